The lowest BCUT2D eigenvalue weighted by molar-refractivity contribution is -0.141. The molecule has 0 unspecified atom stereocenters. The molecular formula is C21H25F6N3O2. The van der Waals surface area contributed by atoms with Gasteiger partial charge in [0.25, 0.3) is 5.91 Å². The molecule has 0 spiro atoms. The Bertz CT molecular complexity index is 841. The quantitative estimate of drug-likeness (QED) is 0.563. The van der Waals surface area contributed by atoms with Crippen LogP contribution in [0.25, 0.3) is 0 Å². The third-order valence-corrected chi connectivity index (χ3v) is 5.86. The Balaban J connectivity index is 1.52. The normalized spacial score (nSPS) is 22.8. The number of alkyl halides is 6. The Morgan fingerprint density at radius 2 is 1.69 bits per heavy atom. The van der Waals surface area contributed by atoms with E-state index in [0.717, 1.165) is 38.8 Å². The molecule has 1 aromatic carbocycles. The number of aliphatic hydroxyl groups is 1. The van der Waals surface area contributed by atoms with Crippen molar-refractivity contribution in [1.82, 2.24) is 15.5 Å². The van der Waals surface area contributed by atoms with Gasteiger partial charge in [0, 0.05) is 24.8 Å². The second kappa shape index (κ2) is 9.30. The summed E-state index contributed by atoms with van der Waals surface area (Å²) in [6.45, 7) is 4.99. The number of rotatable bonds is 6. The smallest absolute Gasteiger partial charge is 0.393 e. The maximum atomic E-state index is 13.2. The molecule has 1 amide bonds. The van der Waals surface area contributed by atoms with Crippen LogP contribution < -0.4 is 10.6 Å². The molecule has 0 bridgehead atoms. The first-order valence-electron chi connectivity index (χ1n) is 10.3. The zero-order valence-corrected chi connectivity index (χ0v) is 17.2. The molecule has 1 saturated heterocycles. The first-order chi connectivity index (χ1) is 14.8. The number of likely N-dealkylation sites (tertiary alicyclic amines) is 1. The fourth-order valence-electron chi connectivity index (χ4n) is 4.10. The van der Waals surface area contributed by atoms with Crippen LogP contribution in [0.1, 0.15) is 47.2 Å². The summed E-state index contributed by atoms with van der Waals surface area (Å²) >= 11 is 0. The number of carbonyl (C=O) groups excluding carboxylic acids is 1. The van der Waals surface area contributed by atoms with Gasteiger partial charge in [0.15, 0.2) is 0 Å². The van der Waals surface area contributed by atoms with Gasteiger partial charge in [0.2, 0.25) is 0 Å². The highest BCUT2D eigenvalue weighted by molar-refractivity contribution is 5.96. The summed E-state index contributed by atoms with van der Waals surface area (Å²) in [6.07, 6.45) is -6.71. The summed E-state index contributed by atoms with van der Waals surface area (Å²) in [5, 5.41) is 14.9. The number of benzene rings is 1. The van der Waals surface area contributed by atoms with E-state index in [-0.39, 0.29) is 30.8 Å². The van der Waals surface area contributed by atoms with Gasteiger partial charge in [-0.25, -0.2) is 0 Å². The minimum absolute atomic E-state index is 0.0607. The van der Waals surface area contributed by atoms with Crippen molar-refractivity contribution in [3.05, 3.63) is 47.2 Å². The molecule has 1 aliphatic heterocycles. The molecular weight excluding hydrogens is 440 g/mol. The summed E-state index contributed by atoms with van der Waals surface area (Å²) in [6, 6.07) is 1.24. The highest BCUT2D eigenvalue weighted by Gasteiger charge is 2.39. The van der Waals surface area contributed by atoms with Crippen molar-refractivity contribution in [1.29, 1.82) is 0 Å². The molecule has 1 heterocycles. The van der Waals surface area contributed by atoms with Crippen molar-refractivity contribution in [2.75, 3.05) is 19.6 Å². The van der Waals surface area contributed by atoms with Gasteiger partial charge >= 0.3 is 12.4 Å². The van der Waals surface area contributed by atoms with Gasteiger partial charge in [-0.1, -0.05) is 6.58 Å². The van der Waals surface area contributed by atoms with E-state index in [2.05, 4.69) is 22.1 Å². The number of nitrogens with one attached hydrogen (secondary N) is 2. The third kappa shape index (κ3) is 5.94. The fourth-order valence-corrected chi connectivity index (χ4v) is 4.10. The average Bonchev–Trinajstić information content (AvgIpc) is 2.67. The van der Waals surface area contributed by atoms with E-state index in [0.29, 0.717) is 17.8 Å². The molecule has 5 nitrogen and oxygen atoms in total. The van der Waals surface area contributed by atoms with Crippen LogP contribution in [0.4, 0.5) is 26.3 Å². The summed E-state index contributed by atoms with van der Waals surface area (Å²) in [5.41, 5.74) is -3.51. The van der Waals surface area contributed by atoms with Crippen molar-refractivity contribution in [2.45, 2.75) is 56.2 Å². The van der Waals surface area contributed by atoms with Crippen LogP contribution in [-0.4, -0.2) is 53.7 Å². The van der Waals surface area contributed by atoms with E-state index >= 15 is 0 Å². The summed E-state index contributed by atoms with van der Waals surface area (Å²) in [4.78, 5) is 14.5. The predicted octanol–water partition coefficient (Wildman–Crippen LogP) is 3.55. The van der Waals surface area contributed by atoms with E-state index in [4.69, 9.17) is 0 Å². The Kier molecular flexibility index (Phi) is 7.09. The van der Waals surface area contributed by atoms with Gasteiger partial charge in [0.1, 0.15) is 0 Å². The molecule has 2 fully saturated rings. The molecule has 0 radical (unpaired) electrons. The van der Waals surface area contributed by atoms with Crippen LogP contribution in [0.15, 0.2) is 30.5 Å². The van der Waals surface area contributed by atoms with Crippen molar-refractivity contribution in [3.63, 3.8) is 0 Å². The third-order valence-electron chi connectivity index (χ3n) is 5.86. The summed E-state index contributed by atoms with van der Waals surface area (Å²) < 4.78 is 78.2. The SMILES string of the molecule is C=C(CNC(=O)c1cc(C(F)(F)F)ccc1C(F)(F)F)NC1CN([C@H]2CC[C@H](O)CC2)C1. The van der Waals surface area contributed by atoms with E-state index in [9.17, 15) is 36.2 Å². The van der Waals surface area contributed by atoms with E-state index in [1.807, 2.05) is 0 Å². The standard InChI is InChI=1S/C21H25F6N3O2/c1-12(29-14-10-30(11-14)15-3-5-16(31)6-4-15)9-28-19(32)17-8-13(20(22,23)24)2-7-18(17)21(25,26)27/h2,7-8,14-16,29,31H,1,3-6,9-11H2,(H,28,32)/t15-,16-. The van der Waals surface area contributed by atoms with Crippen molar-refractivity contribution < 1.29 is 36.2 Å². The molecule has 178 valence electrons. The Morgan fingerprint density at radius 3 is 2.25 bits per heavy atom. The van der Waals surface area contributed by atoms with Crippen molar-refractivity contribution >= 4 is 5.91 Å². The lowest BCUT2D eigenvalue weighted by Gasteiger charge is -2.46. The maximum absolute atomic E-state index is 13.2. The maximum Gasteiger partial charge on any atom is 0.417 e. The van der Waals surface area contributed by atoms with Crippen LogP contribution in [0, 0.1) is 0 Å². The largest absolute Gasteiger partial charge is 0.417 e. The van der Waals surface area contributed by atoms with Crippen LogP contribution in [0.5, 0.6) is 0 Å². The number of aliphatic hydroxyl groups excluding tert-OH is 1. The topological polar surface area (TPSA) is 64.6 Å². The molecule has 32 heavy (non-hydrogen) atoms. The lowest BCUT2D eigenvalue weighted by Crippen LogP contribution is -2.61. The molecule has 3 N–H and O–H groups in total. The molecule has 2 aliphatic rings. The minimum atomic E-state index is -4.98. The second-order valence-corrected chi connectivity index (χ2v) is 8.30. The number of amides is 1. The Labute approximate surface area is 181 Å². The average molecular weight is 465 g/mol. The van der Waals surface area contributed by atoms with Gasteiger partial charge in [0.05, 0.1) is 35.4 Å². The van der Waals surface area contributed by atoms with E-state index < -0.39 is 35.0 Å². The molecule has 0 atom stereocenters. The number of carbonyl (C=O) groups is 1. The number of hydrogen-bond donors (Lipinski definition) is 3. The summed E-state index contributed by atoms with van der Waals surface area (Å²) in [5.74, 6) is -1.26. The van der Waals surface area contributed by atoms with Crippen molar-refractivity contribution in [3.8, 4) is 0 Å². The fraction of sp³-hybridized carbons (Fsp3) is 0.571. The van der Waals surface area contributed by atoms with Gasteiger partial charge in [-0.2, -0.15) is 26.3 Å². The minimum Gasteiger partial charge on any atom is -0.393 e. The molecule has 0 aromatic heterocycles. The molecule has 1 aromatic rings. The van der Waals surface area contributed by atoms with E-state index in [1.165, 1.54) is 0 Å². The highest BCUT2D eigenvalue weighted by Crippen LogP contribution is 2.36. The first-order valence-corrected chi connectivity index (χ1v) is 10.3. The van der Waals surface area contributed by atoms with Gasteiger partial charge in [-0.3, -0.25) is 9.69 Å². The van der Waals surface area contributed by atoms with Crippen LogP contribution in [-0.2, 0) is 12.4 Å². The monoisotopic (exact) mass is 465 g/mol. The molecule has 1 aliphatic carbocycles. The van der Waals surface area contributed by atoms with Crippen LogP contribution in [0.2, 0.25) is 0 Å². The van der Waals surface area contributed by atoms with Gasteiger partial charge in [-0.15, -0.1) is 0 Å². The first kappa shape index (κ1) is 24.4. The number of nitrogens with zero attached hydrogens (tertiary/aromatic N) is 1. The highest BCUT2D eigenvalue weighted by atomic mass is 19.4. The molecule has 1 saturated carbocycles. The van der Waals surface area contributed by atoms with Crippen LogP contribution >= 0.6 is 0 Å². The number of hydrogen-bond acceptors (Lipinski definition) is 4. The zero-order valence-electron chi connectivity index (χ0n) is 17.2. The lowest BCUT2D eigenvalue weighted by atomic mass is 9.89. The van der Waals surface area contributed by atoms with E-state index in [1.54, 1.807) is 0 Å². The predicted molar refractivity (Wildman–Crippen MR) is 105 cm³/mol. The number of halogens is 6. The van der Waals surface area contributed by atoms with Gasteiger partial charge in [-0.05, 0) is 43.9 Å². The second-order valence-electron chi connectivity index (χ2n) is 8.30. The molecule has 11 heteroatoms. The summed E-state index contributed by atoms with van der Waals surface area (Å²) in [7, 11) is 0. The zero-order chi connectivity index (χ0) is 23.7. The van der Waals surface area contributed by atoms with Gasteiger partial charge < -0.3 is 15.7 Å². The Hall–Kier alpha value is -2.27. The van der Waals surface area contributed by atoms with Crippen LogP contribution in [0.3, 0.4) is 0 Å². The Morgan fingerprint density at radius 1 is 1.06 bits per heavy atom. The van der Waals surface area contributed by atoms with Crippen molar-refractivity contribution in [2.24, 2.45) is 0 Å². The molecule has 3 rings (SSSR count).